The molecule has 1 N–H and O–H groups in total. The minimum absolute atomic E-state index is 0.0568. The van der Waals surface area contributed by atoms with E-state index < -0.39 is 17.7 Å². The van der Waals surface area contributed by atoms with Crippen LogP contribution in [0.1, 0.15) is 35.8 Å². The van der Waals surface area contributed by atoms with Gasteiger partial charge in [0.1, 0.15) is 5.82 Å². The molecular weight excluding hydrogens is 488 g/mol. The van der Waals surface area contributed by atoms with Crippen LogP contribution in [0.3, 0.4) is 0 Å². The number of nitrogens with zero attached hydrogens (tertiary/aromatic N) is 3. The second-order valence-corrected chi connectivity index (χ2v) is 9.55. The fourth-order valence-electron chi connectivity index (χ4n) is 4.76. The van der Waals surface area contributed by atoms with Gasteiger partial charge in [-0.15, -0.1) is 0 Å². The second-order valence-electron chi connectivity index (χ2n) is 9.55. The molecule has 5 rings (SSSR count). The summed E-state index contributed by atoms with van der Waals surface area (Å²) in [6, 6.07) is 22.2. The van der Waals surface area contributed by atoms with Crippen molar-refractivity contribution < 1.29 is 23.4 Å². The Balaban J connectivity index is 1.50. The summed E-state index contributed by atoms with van der Waals surface area (Å²) in [5.41, 5.74) is 3.02. The predicted octanol–water partition coefficient (Wildman–Crippen LogP) is 5.97. The lowest BCUT2D eigenvalue weighted by Crippen LogP contribution is -2.35. The molecule has 1 fully saturated rings. The number of rotatable bonds is 10. The first kappa shape index (κ1) is 26.0. The summed E-state index contributed by atoms with van der Waals surface area (Å²) in [6.07, 6.45) is 1.30. The third-order valence-electron chi connectivity index (χ3n) is 6.72. The van der Waals surface area contributed by atoms with E-state index in [1.807, 2.05) is 67.6 Å². The number of para-hydroxylation sites is 1. The summed E-state index contributed by atoms with van der Waals surface area (Å²) >= 11 is 0. The highest BCUT2D eigenvalue weighted by molar-refractivity contribution is 5.43. The molecule has 1 saturated heterocycles. The topological polar surface area (TPSA) is 59.8 Å². The molecule has 2 atom stereocenters. The van der Waals surface area contributed by atoms with E-state index in [1.54, 1.807) is 4.68 Å². The molecule has 1 aromatic heterocycles. The number of ether oxygens (including phenoxy) is 2. The molecule has 38 heavy (non-hydrogen) atoms. The Kier molecular flexibility index (Phi) is 8.12. The average Bonchev–Trinajstić information content (AvgIpc) is 3.54. The lowest BCUT2D eigenvalue weighted by Gasteiger charge is -2.28. The van der Waals surface area contributed by atoms with Crippen molar-refractivity contribution >= 4 is 0 Å². The van der Waals surface area contributed by atoms with Gasteiger partial charge in [-0.2, -0.15) is 5.10 Å². The summed E-state index contributed by atoms with van der Waals surface area (Å²) in [4.78, 5) is 2.13. The molecule has 2 unspecified atom stereocenters. The molecule has 4 aromatic rings. The van der Waals surface area contributed by atoms with Crippen LogP contribution in [0.4, 0.5) is 8.78 Å². The van der Waals surface area contributed by atoms with Crippen molar-refractivity contribution in [2.24, 2.45) is 0 Å². The van der Waals surface area contributed by atoms with Gasteiger partial charge in [0.2, 0.25) is 5.88 Å². The SMILES string of the molecule is Cc1nn(-c2ccccc2)c(Oc2ccc(F)cc2F)c1CN(CC1CCCO1)CC(O)c1ccccc1. The molecule has 1 aliphatic heterocycles. The van der Waals surface area contributed by atoms with Gasteiger partial charge in [0, 0.05) is 32.3 Å². The Bertz CT molecular complexity index is 1340. The predicted molar refractivity (Wildman–Crippen MR) is 140 cm³/mol. The van der Waals surface area contributed by atoms with Crippen molar-refractivity contribution in [3.05, 3.63) is 107 Å². The van der Waals surface area contributed by atoms with Crippen molar-refractivity contribution in [2.75, 3.05) is 19.7 Å². The number of aliphatic hydroxyl groups is 1. The van der Waals surface area contributed by atoms with E-state index >= 15 is 0 Å². The molecule has 0 bridgehead atoms. The van der Waals surface area contributed by atoms with Crippen molar-refractivity contribution in [2.45, 2.75) is 38.5 Å². The Morgan fingerprint density at radius 1 is 1.08 bits per heavy atom. The number of hydrogen-bond acceptors (Lipinski definition) is 5. The molecular formula is C30H31F2N3O3. The van der Waals surface area contributed by atoms with Crippen LogP contribution in [-0.2, 0) is 11.3 Å². The zero-order valence-corrected chi connectivity index (χ0v) is 21.3. The number of aryl methyl sites for hydroxylation is 1. The zero-order valence-electron chi connectivity index (χ0n) is 21.3. The standard InChI is InChI=1S/C30H31F2N3O3/c1-21-26(19-34(18-25-13-8-16-37-25)20-28(36)22-9-4-2-5-10-22)30(35(33-21)24-11-6-3-7-12-24)38-29-15-14-23(31)17-27(29)32/h2-7,9-12,14-15,17,25,28,36H,8,13,16,18-20H2,1H3. The third kappa shape index (κ3) is 6.10. The highest BCUT2D eigenvalue weighted by Crippen LogP contribution is 2.33. The van der Waals surface area contributed by atoms with Crippen LogP contribution in [0.25, 0.3) is 5.69 Å². The lowest BCUT2D eigenvalue weighted by molar-refractivity contribution is 0.0457. The van der Waals surface area contributed by atoms with Gasteiger partial charge in [-0.05, 0) is 49.6 Å². The fourth-order valence-corrected chi connectivity index (χ4v) is 4.76. The number of hydrogen-bond donors (Lipinski definition) is 1. The van der Waals surface area contributed by atoms with Gasteiger partial charge in [0.15, 0.2) is 11.6 Å². The van der Waals surface area contributed by atoms with Crippen molar-refractivity contribution in [3.8, 4) is 17.3 Å². The molecule has 2 heterocycles. The van der Waals surface area contributed by atoms with E-state index in [4.69, 9.17) is 14.6 Å². The zero-order chi connectivity index (χ0) is 26.5. The Hall–Kier alpha value is -3.59. The molecule has 0 saturated carbocycles. The van der Waals surface area contributed by atoms with Crippen molar-refractivity contribution in [1.29, 1.82) is 0 Å². The maximum atomic E-state index is 14.6. The maximum Gasteiger partial charge on any atom is 0.227 e. The van der Waals surface area contributed by atoms with Crippen LogP contribution in [-0.4, -0.2) is 45.6 Å². The molecule has 6 nitrogen and oxygen atoms in total. The van der Waals surface area contributed by atoms with E-state index in [9.17, 15) is 13.9 Å². The number of aliphatic hydroxyl groups excluding tert-OH is 1. The van der Waals surface area contributed by atoms with Crippen LogP contribution in [0.5, 0.6) is 11.6 Å². The molecule has 0 spiro atoms. The molecule has 0 radical (unpaired) electrons. The van der Waals surface area contributed by atoms with Gasteiger partial charge in [-0.3, -0.25) is 4.90 Å². The first-order chi connectivity index (χ1) is 18.5. The van der Waals surface area contributed by atoms with Crippen molar-refractivity contribution in [1.82, 2.24) is 14.7 Å². The maximum absolute atomic E-state index is 14.6. The van der Waals surface area contributed by atoms with Gasteiger partial charge >= 0.3 is 0 Å². The summed E-state index contributed by atoms with van der Waals surface area (Å²) < 4.78 is 41.9. The summed E-state index contributed by atoms with van der Waals surface area (Å²) in [5, 5.41) is 15.8. The minimum atomic E-state index is -0.801. The summed E-state index contributed by atoms with van der Waals surface area (Å²) in [5.74, 6) is -1.24. The van der Waals surface area contributed by atoms with Gasteiger partial charge < -0.3 is 14.6 Å². The van der Waals surface area contributed by atoms with E-state index in [-0.39, 0.29) is 11.9 Å². The van der Waals surface area contributed by atoms with Crippen LogP contribution < -0.4 is 4.74 Å². The van der Waals surface area contributed by atoms with Crippen molar-refractivity contribution in [3.63, 3.8) is 0 Å². The summed E-state index contributed by atoms with van der Waals surface area (Å²) in [6.45, 7) is 3.97. The monoisotopic (exact) mass is 519 g/mol. The van der Waals surface area contributed by atoms with E-state index in [0.717, 1.165) is 48.4 Å². The second kappa shape index (κ2) is 11.9. The minimum Gasteiger partial charge on any atom is -0.435 e. The fraction of sp³-hybridized carbons (Fsp3) is 0.300. The first-order valence-corrected chi connectivity index (χ1v) is 12.8. The quantitative estimate of drug-likeness (QED) is 0.280. The van der Waals surface area contributed by atoms with Gasteiger partial charge in [-0.25, -0.2) is 13.5 Å². The molecule has 0 amide bonds. The Labute approximate surface area is 221 Å². The lowest BCUT2D eigenvalue weighted by atomic mass is 10.1. The third-order valence-corrected chi connectivity index (χ3v) is 6.72. The normalized spacial score (nSPS) is 16.2. The smallest absolute Gasteiger partial charge is 0.227 e. The molecule has 0 aliphatic carbocycles. The van der Waals surface area contributed by atoms with Crippen LogP contribution >= 0.6 is 0 Å². The molecule has 3 aromatic carbocycles. The number of aromatic nitrogens is 2. The van der Waals surface area contributed by atoms with Gasteiger partial charge in [0.25, 0.3) is 0 Å². The molecule has 1 aliphatic rings. The van der Waals surface area contributed by atoms with Crippen LogP contribution in [0, 0.1) is 18.6 Å². The summed E-state index contributed by atoms with van der Waals surface area (Å²) in [7, 11) is 0. The van der Waals surface area contributed by atoms with Crippen LogP contribution in [0.2, 0.25) is 0 Å². The van der Waals surface area contributed by atoms with E-state index in [0.29, 0.717) is 31.2 Å². The number of benzene rings is 3. The van der Waals surface area contributed by atoms with E-state index in [1.165, 1.54) is 6.07 Å². The van der Waals surface area contributed by atoms with Gasteiger partial charge in [0.05, 0.1) is 29.2 Å². The molecule has 198 valence electrons. The highest BCUT2D eigenvalue weighted by atomic mass is 19.1. The van der Waals surface area contributed by atoms with Crippen LogP contribution in [0.15, 0.2) is 78.9 Å². The highest BCUT2D eigenvalue weighted by Gasteiger charge is 2.26. The van der Waals surface area contributed by atoms with E-state index in [2.05, 4.69) is 4.90 Å². The Morgan fingerprint density at radius 2 is 1.82 bits per heavy atom. The average molecular weight is 520 g/mol. The van der Waals surface area contributed by atoms with Gasteiger partial charge in [-0.1, -0.05) is 48.5 Å². The first-order valence-electron chi connectivity index (χ1n) is 12.8. The molecule has 8 heteroatoms. The number of halogens is 2. The largest absolute Gasteiger partial charge is 0.435 e. The Morgan fingerprint density at radius 3 is 2.50 bits per heavy atom.